The number of carbonyl (C=O) groups excluding carboxylic acids is 1. The van der Waals surface area contributed by atoms with E-state index in [1.54, 1.807) is 0 Å². The molecule has 0 rings (SSSR count). The van der Waals surface area contributed by atoms with E-state index in [0.717, 1.165) is 6.08 Å². The molecule has 1 nitrogen and oxygen atoms in total. The average Bonchev–Trinajstić information content (AvgIpc) is 1.61. The molecule has 0 radical (unpaired) electrons. The maximum atomic E-state index is 11.0. The van der Waals surface area contributed by atoms with Crippen LogP contribution in [0.3, 0.4) is 0 Å². The first kappa shape index (κ1) is 6.69. The minimum atomic E-state index is -0.325. The lowest BCUT2D eigenvalue weighted by atomic mass is 10.5. The summed E-state index contributed by atoms with van der Waals surface area (Å²) in [5.41, 5.74) is 0. The number of carbonyl (C=O) groups is 1. The van der Waals surface area contributed by atoms with E-state index in [2.05, 4.69) is 12.6 Å². The van der Waals surface area contributed by atoms with E-state index in [0.29, 0.717) is 6.33 Å². The molecule has 0 aliphatic rings. The van der Waals surface area contributed by atoms with E-state index < -0.39 is 0 Å². The predicted octanol–water partition coefficient (Wildman–Crippen LogP) is 1.32. The van der Waals surface area contributed by atoms with Gasteiger partial charge in [-0.2, -0.15) is 0 Å². The topological polar surface area (TPSA) is 17.1 Å². The molecule has 0 saturated heterocycles. The summed E-state index contributed by atoms with van der Waals surface area (Å²) in [4.78, 5) is 9.85. The fraction of sp³-hybridized carbons (Fsp3) is 0.250. The van der Waals surface area contributed by atoms with Gasteiger partial charge in [-0.15, -0.1) is 12.6 Å². The van der Waals surface area contributed by atoms with Gasteiger partial charge in [0.2, 0.25) is 0 Å². The van der Waals surface area contributed by atoms with Crippen LogP contribution in [-0.4, -0.2) is 5.12 Å². The van der Waals surface area contributed by atoms with Crippen LogP contribution in [0.5, 0.6) is 0 Å². The van der Waals surface area contributed by atoms with Crippen LogP contribution in [0, 0.1) is 0 Å². The van der Waals surface area contributed by atoms with Gasteiger partial charge >= 0.3 is 0 Å². The lowest BCUT2D eigenvalue weighted by molar-refractivity contribution is -0.110. The highest BCUT2D eigenvalue weighted by Gasteiger charge is 1.84. The molecule has 0 unspecified atom stereocenters. The highest BCUT2D eigenvalue weighted by Crippen LogP contribution is 1.88. The number of hydrogen-bond donors (Lipinski definition) is 1. The Bertz CT molecular complexity index is 89.7. The molecule has 0 aliphatic carbocycles. The summed E-state index contributed by atoms with van der Waals surface area (Å²) in [7, 11) is 0. The van der Waals surface area contributed by atoms with Gasteiger partial charge in [-0.1, -0.05) is 0 Å². The first-order valence-electron chi connectivity index (χ1n) is 1.74. The summed E-state index contributed by atoms with van der Waals surface area (Å²) >= 11 is 3.38. The van der Waals surface area contributed by atoms with E-state index in [9.17, 15) is 9.18 Å². The van der Waals surface area contributed by atoms with Crippen molar-refractivity contribution in [3.05, 3.63) is 12.4 Å². The fourth-order valence-corrected chi connectivity index (χ4v) is 0.251. The maximum Gasteiger partial charge on any atom is 0.189 e. The van der Waals surface area contributed by atoms with Crippen molar-refractivity contribution in [2.24, 2.45) is 0 Å². The van der Waals surface area contributed by atoms with Crippen LogP contribution in [0.2, 0.25) is 0 Å². The Balaban J connectivity index is 3.14. The second kappa shape index (κ2) is 3.87. The number of hydrogen-bond acceptors (Lipinski definition) is 1. The molecule has 0 aromatic carbocycles. The molecular weight excluding hydrogens is 115 g/mol. The minimum absolute atomic E-state index is 0.0691. The highest BCUT2D eigenvalue weighted by atomic mass is 32.1. The van der Waals surface area contributed by atoms with E-state index >= 15 is 0 Å². The van der Waals surface area contributed by atoms with Gasteiger partial charge in [0.25, 0.3) is 0 Å². The van der Waals surface area contributed by atoms with Crippen LogP contribution in [0.15, 0.2) is 12.4 Å². The molecule has 0 saturated carbocycles. The summed E-state index contributed by atoms with van der Waals surface area (Å²) in [6, 6.07) is 0. The Morgan fingerprint density at radius 1 is 1.86 bits per heavy atom. The molecule has 0 amide bonds. The van der Waals surface area contributed by atoms with E-state index in [4.69, 9.17) is 0 Å². The zero-order chi connectivity index (χ0) is 5.70. The second-order valence-corrected chi connectivity index (χ2v) is 1.46. The summed E-state index contributed by atoms with van der Waals surface area (Å²) in [6.45, 7) is 0. The molecule has 0 heterocycles. The predicted molar refractivity (Wildman–Crippen MR) is 28.9 cm³/mol. The third-order valence-corrected chi connectivity index (χ3v) is 0.564. The molecule has 0 bridgehead atoms. The summed E-state index contributed by atoms with van der Waals surface area (Å²) in [5, 5.41) is -0.325. The fourth-order valence-electron chi connectivity index (χ4n) is 0.145. The van der Waals surface area contributed by atoms with Gasteiger partial charge in [0.1, 0.15) is 0 Å². The molecule has 0 spiro atoms. The van der Waals surface area contributed by atoms with Crippen molar-refractivity contribution in [3.8, 4) is 0 Å². The van der Waals surface area contributed by atoms with Crippen molar-refractivity contribution in [1.82, 2.24) is 0 Å². The van der Waals surface area contributed by atoms with E-state index in [1.807, 2.05) is 0 Å². The molecule has 3 heteroatoms. The highest BCUT2D eigenvalue weighted by molar-refractivity contribution is 7.96. The van der Waals surface area contributed by atoms with E-state index in [1.165, 1.54) is 0 Å². The third kappa shape index (κ3) is 5.69. The molecular formula is C4H5FOS. The molecule has 0 fully saturated rings. The smallest absolute Gasteiger partial charge is 0.189 e. The van der Waals surface area contributed by atoms with Crippen molar-refractivity contribution < 1.29 is 9.18 Å². The van der Waals surface area contributed by atoms with E-state index in [-0.39, 0.29) is 11.5 Å². The normalized spacial score (nSPS) is 10.0. The van der Waals surface area contributed by atoms with Crippen LogP contribution >= 0.6 is 12.6 Å². The average molecular weight is 120 g/mol. The molecule has 40 valence electrons. The van der Waals surface area contributed by atoms with Crippen molar-refractivity contribution in [2.75, 3.05) is 0 Å². The molecule has 7 heavy (non-hydrogen) atoms. The largest absolute Gasteiger partial charge is 0.287 e. The lowest BCUT2D eigenvalue weighted by Crippen LogP contribution is -1.77. The van der Waals surface area contributed by atoms with Gasteiger partial charge in [-0.05, 0) is 6.08 Å². The van der Waals surface area contributed by atoms with Gasteiger partial charge in [0.05, 0.1) is 6.33 Å². The zero-order valence-electron chi connectivity index (χ0n) is 3.60. The van der Waals surface area contributed by atoms with Crippen LogP contribution in [0.1, 0.15) is 6.42 Å². The Kier molecular flexibility index (Phi) is 3.69. The Morgan fingerprint density at radius 3 is 2.57 bits per heavy atom. The molecule has 0 atom stereocenters. The SMILES string of the molecule is O=C(S)CC=CF. The number of thiol groups is 1. The van der Waals surface area contributed by atoms with Gasteiger partial charge in [-0.25, -0.2) is 4.39 Å². The Labute approximate surface area is 46.6 Å². The summed E-state index contributed by atoms with van der Waals surface area (Å²) in [5.74, 6) is 0. The molecule has 0 aromatic heterocycles. The van der Waals surface area contributed by atoms with Gasteiger partial charge in [0.15, 0.2) is 5.12 Å². The number of allylic oxidation sites excluding steroid dienone is 1. The summed E-state index contributed by atoms with van der Waals surface area (Å²) in [6.07, 6.45) is 1.50. The Morgan fingerprint density at radius 2 is 2.43 bits per heavy atom. The van der Waals surface area contributed by atoms with Crippen molar-refractivity contribution in [3.63, 3.8) is 0 Å². The summed E-state index contributed by atoms with van der Waals surface area (Å²) < 4.78 is 11.0. The lowest BCUT2D eigenvalue weighted by Gasteiger charge is -1.75. The number of rotatable bonds is 2. The first-order valence-corrected chi connectivity index (χ1v) is 2.19. The van der Waals surface area contributed by atoms with Gasteiger partial charge in [0, 0.05) is 6.42 Å². The second-order valence-electron chi connectivity index (χ2n) is 0.960. The van der Waals surface area contributed by atoms with Crippen molar-refractivity contribution >= 4 is 17.7 Å². The molecule has 0 aliphatic heterocycles. The first-order chi connectivity index (χ1) is 3.27. The van der Waals surface area contributed by atoms with Gasteiger partial charge in [-0.3, -0.25) is 4.79 Å². The zero-order valence-corrected chi connectivity index (χ0v) is 4.49. The van der Waals surface area contributed by atoms with Crippen LogP contribution in [-0.2, 0) is 4.79 Å². The third-order valence-electron chi connectivity index (χ3n) is 0.382. The van der Waals surface area contributed by atoms with Gasteiger partial charge < -0.3 is 0 Å². The molecule has 0 aromatic rings. The standard InChI is InChI=1S/C4H5FOS/c5-3-1-2-4(6)7/h1,3H,2H2,(H,6,7). The maximum absolute atomic E-state index is 11.0. The van der Waals surface area contributed by atoms with Crippen molar-refractivity contribution in [1.29, 1.82) is 0 Å². The minimum Gasteiger partial charge on any atom is -0.287 e. The van der Waals surface area contributed by atoms with Crippen molar-refractivity contribution in [2.45, 2.75) is 6.42 Å². The monoisotopic (exact) mass is 120 g/mol. The quantitative estimate of drug-likeness (QED) is 0.544. The van der Waals surface area contributed by atoms with Crippen LogP contribution in [0.4, 0.5) is 4.39 Å². The van der Waals surface area contributed by atoms with Crippen LogP contribution < -0.4 is 0 Å². The number of halogens is 1. The van der Waals surface area contributed by atoms with Crippen LogP contribution in [0.25, 0.3) is 0 Å². The Hall–Kier alpha value is -0.310. The molecule has 0 N–H and O–H groups in total.